The van der Waals surface area contributed by atoms with Crippen molar-refractivity contribution in [3.63, 3.8) is 0 Å². The van der Waals surface area contributed by atoms with Crippen molar-refractivity contribution in [1.29, 1.82) is 0 Å². The molecule has 1 aromatic heterocycles. The molecule has 32 heavy (non-hydrogen) atoms. The number of nitrogens with one attached hydrogen (secondary N) is 1. The number of benzene rings is 2. The van der Waals surface area contributed by atoms with E-state index in [1.54, 1.807) is 25.5 Å². The zero-order valence-electron chi connectivity index (χ0n) is 19.7. The van der Waals surface area contributed by atoms with Crippen LogP contribution in [0.4, 0.5) is 5.69 Å². The highest BCUT2D eigenvalue weighted by molar-refractivity contribution is 5.97. The van der Waals surface area contributed by atoms with E-state index in [4.69, 9.17) is 9.15 Å². The number of hydrogen-bond acceptors (Lipinski definition) is 5. The van der Waals surface area contributed by atoms with Gasteiger partial charge in [-0.3, -0.25) is 4.79 Å². The third-order valence-electron chi connectivity index (χ3n) is 6.41. The molecule has 0 saturated heterocycles. The average molecular weight is 434 g/mol. The minimum Gasteiger partial charge on any atom is -0.493 e. The molecule has 2 heterocycles. The van der Waals surface area contributed by atoms with Crippen LogP contribution in [0.2, 0.25) is 0 Å². The number of nitrogens with zero attached hydrogens (tertiary/aromatic N) is 2. The van der Waals surface area contributed by atoms with Gasteiger partial charge in [-0.1, -0.05) is 19.1 Å². The summed E-state index contributed by atoms with van der Waals surface area (Å²) in [5.41, 5.74) is 8.01. The third kappa shape index (κ3) is 3.85. The lowest BCUT2D eigenvalue weighted by atomic mass is 9.79. The number of para-hydroxylation sites is 1. The maximum absolute atomic E-state index is 12.6. The lowest BCUT2D eigenvalue weighted by molar-refractivity contribution is 0.0929. The first kappa shape index (κ1) is 21.9. The van der Waals surface area contributed by atoms with E-state index in [1.165, 1.54) is 11.3 Å². The van der Waals surface area contributed by atoms with Gasteiger partial charge in [0.1, 0.15) is 0 Å². The lowest BCUT2D eigenvalue weighted by Gasteiger charge is -2.47. The Balaban J connectivity index is 1.55. The molecule has 0 saturated carbocycles. The van der Waals surface area contributed by atoms with Crippen molar-refractivity contribution in [2.24, 2.45) is 5.10 Å². The van der Waals surface area contributed by atoms with Crippen molar-refractivity contribution < 1.29 is 13.9 Å². The second-order valence-corrected chi connectivity index (χ2v) is 9.12. The van der Waals surface area contributed by atoms with Crippen LogP contribution in [0.25, 0.3) is 11.0 Å². The zero-order chi connectivity index (χ0) is 23.0. The molecular formula is C26H31N3O3. The molecule has 1 aliphatic rings. The number of hydrazone groups is 1. The van der Waals surface area contributed by atoms with Crippen molar-refractivity contribution in [3.05, 3.63) is 58.8 Å². The number of aryl methyl sites for hydroxylation is 1. The molecule has 6 heteroatoms. The zero-order valence-corrected chi connectivity index (χ0v) is 19.7. The SMILES string of the molecule is CCN1c2cc(C)c(/C=N/NC(=O)c3cc4cccc(OC)c4o3)cc2C(C)CC1(C)C. The fourth-order valence-electron chi connectivity index (χ4n) is 4.91. The van der Waals surface area contributed by atoms with Crippen LogP contribution in [0, 0.1) is 6.92 Å². The predicted molar refractivity (Wildman–Crippen MR) is 129 cm³/mol. The second-order valence-electron chi connectivity index (χ2n) is 9.12. The summed E-state index contributed by atoms with van der Waals surface area (Å²) in [5.74, 6) is 0.837. The van der Waals surface area contributed by atoms with Crippen LogP contribution in [0.1, 0.15) is 67.3 Å². The van der Waals surface area contributed by atoms with Crippen LogP contribution in [0.15, 0.2) is 45.9 Å². The highest BCUT2D eigenvalue weighted by Crippen LogP contribution is 2.44. The molecule has 3 aromatic rings. The van der Waals surface area contributed by atoms with E-state index in [0.717, 1.165) is 29.5 Å². The van der Waals surface area contributed by atoms with E-state index < -0.39 is 5.91 Å². The number of carbonyl (C=O) groups excluding carboxylic acids is 1. The van der Waals surface area contributed by atoms with Crippen LogP contribution in [0.5, 0.6) is 5.75 Å². The summed E-state index contributed by atoms with van der Waals surface area (Å²) in [4.78, 5) is 15.0. The molecule has 0 spiro atoms. The Morgan fingerprint density at radius 3 is 2.84 bits per heavy atom. The fraction of sp³-hybridized carbons (Fsp3) is 0.385. The number of rotatable bonds is 5. The summed E-state index contributed by atoms with van der Waals surface area (Å²) in [6.07, 6.45) is 2.80. The maximum atomic E-state index is 12.6. The normalized spacial score (nSPS) is 17.6. The van der Waals surface area contributed by atoms with Crippen molar-refractivity contribution in [3.8, 4) is 5.75 Å². The average Bonchev–Trinajstić information content (AvgIpc) is 3.18. The first-order valence-electron chi connectivity index (χ1n) is 11.1. The third-order valence-corrected chi connectivity index (χ3v) is 6.41. The molecular weight excluding hydrogens is 402 g/mol. The molecule has 1 aliphatic heterocycles. The summed E-state index contributed by atoms with van der Waals surface area (Å²) >= 11 is 0. The second kappa shape index (κ2) is 8.34. The smallest absolute Gasteiger partial charge is 0.307 e. The molecule has 168 valence electrons. The van der Waals surface area contributed by atoms with Gasteiger partial charge in [0.25, 0.3) is 0 Å². The molecule has 0 fully saturated rings. The predicted octanol–water partition coefficient (Wildman–Crippen LogP) is 5.63. The number of fused-ring (bicyclic) bond motifs is 2. The Morgan fingerprint density at radius 2 is 2.12 bits per heavy atom. The van der Waals surface area contributed by atoms with Gasteiger partial charge < -0.3 is 14.1 Å². The molecule has 4 rings (SSSR count). The number of ether oxygens (including phenoxy) is 1. The van der Waals surface area contributed by atoms with Crippen molar-refractivity contribution >= 4 is 28.8 Å². The van der Waals surface area contributed by atoms with E-state index >= 15 is 0 Å². The molecule has 1 amide bonds. The van der Waals surface area contributed by atoms with Gasteiger partial charge in [0.2, 0.25) is 0 Å². The fourth-order valence-corrected chi connectivity index (χ4v) is 4.91. The quantitative estimate of drug-likeness (QED) is 0.418. The van der Waals surface area contributed by atoms with Gasteiger partial charge in [0.15, 0.2) is 17.1 Å². The van der Waals surface area contributed by atoms with Gasteiger partial charge in [-0.15, -0.1) is 0 Å². The lowest BCUT2D eigenvalue weighted by Crippen LogP contribution is -2.48. The summed E-state index contributed by atoms with van der Waals surface area (Å²) in [6, 6.07) is 11.7. The topological polar surface area (TPSA) is 67.1 Å². The van der Waals surface area contributed by atoms with Gasteiger partial charge in [-0.2, -0.15) is 5.10 Å². The van der Waals surface area contributed by atoms with E-state index in [-0.39, 0.29) is 11.3 Å². The molecule has 2 aromatic carbocycles. The van der Waals surface area contributed by atoms with E-state index in [9.17, 15) is 4.79 Å². The molecule has 1 unspecified atom stereocenters. The standard InChI is InChI=1S/C26H31N3O3/c1-7-29-21-11-16(2)19(12-20(21)17(3)14-26(29,4)5)15-27-28-25(30)23-13-18-9-8-10-22(31-6)24(18)32-23/h8-13,15,17H,7,14H2,1-6H3,(H,28,30)/b27-15+. The minimum absolute atomic E-state index is 0.131. The molecule has 1 atom stereocenters. The van der Waals surface area contributed by atoms with Gasteiger partial charge in [-0.05, 0) is 81.0 Å². The number of anilines is 1. The number of amides is 1. The number of furan rings is 1. The molecule has 0 aliphatic carbocycles. The number of hydrogen-bond donors (Lipinski definition) is 1. The Morgan fingerprint density at radius 1 is 1.34 bits per heavy atom. The molecule has 6 nitrogen and oxygen atoms in total. The van der Waals surface area contributed by atoms with Gasteiger partial charge in [0, 0.05) is 23.2 Å². The Kier molecular flexibility index (Phi) is 5.71. The summed E-state index contributed by atoms with van der Waals surface area (Å²) in [5, 5.41) is 5.01. The highest BCUT2D eigenvalue weighted by Gasteiger charge is 2.35. The summed E-state index contributed by atoms with van der Waals surface area (Å²) in [7, 11) is 1.57. The van der Waals surface area contributed by atoms with Crippen LogP contribution < -0.4 is 15.1 Å². The van der Waals surface area contributed by atoms with Crippen molar-refractivity contribution in [1.82, 2.24) is 5.43 Å². The van der Waals surface area contributed by atoms with Gasteiger partial charge in [0.05, 0.1) is 13.3 Å². The van der Waals surface area contributed by atoms with Crippen LogP contribution in [-0.4, -0.2) is 31.3 Å². The molecule has 0 bridgehead atoms. The van der Waals surface area contributed by atoms with E-state index in [2.05, 4.69) is 62.2 Å². The van der Waals surface area contributed by atoms with Crippen LogP contribution in [-0.2, 0) is 0 Å². The highest BCUT2D eigenvalue weighted by atomic mass is 16.5. The van der Waals surface area contributed by atoms with Crippen LogP contribution in [0.3, 0.4) is 0 Å². The summed E-state index contributed by atoms with van der Waals surface area (Å²) in [6.45, 7) is 12.2. The summed E-state index contributed by atoms with van der Waals surface area (Å²) < 4.78 is 11.0. The van der Waals surface area contributed by atoms with Gasteiger partial charge >= 0.3 is 5.91 Å². The van der Waals surface area contributed by atoms with Crippen LogP contribution >= 0.6 is 0 Å². The van der Waals surface area contributed by atoms with Gasteiger partial charge in [-0.25, -0.2) is 5.43 Å². The van der Waals surface area contributed by atoms with Crippen molar-refractivity contribution in [2.75, 3.05) is 18.6 Å². The first-order valence-corrected chi connectivity index (χ1v) is 11.1. The van der Waals surface area contributed by atoms with E-state index in [1.807, 2.05) is 12.1 Å². The van der Waals surface area contributed by atoms with Crippen molar-refractivity contribution in [2.45, 2.75) is 52.5 Å². The molecule has 0 radical (unpaired) electrons. The molecule has 1 N–H and O–H groups in total. The Labute approximate surface area is 189 Å². The number of carbonyl (C=O) groups is 1. The Bertz CT molecular complexity index is 1190. The Hall–Kier alpha value is -3.28. The minimum atomic E-state index is -0.401. The largest absolute Gasteiger partial charge is 0.493 e. The first-order chi connectivity index (χ1) is 15.2. The maximum Gasteiger partial charge on any atom is 0.307 e. The monoisotopic (exact) mass is 433 g/mol. The number of methoxy groups -OCH3 is 1. The van der Waals surface area contributed by atoms with E-state index in [0.29, 0.717) is 17.3 Å².